The second kappa shape index (κ2) is 8.38. The monoisotopic (exact) mass is 334 g/mol. The summed E-state index contributed by atoms with van der Waals surface area (Å²) in [6.45, 7) is 2.47. The minimum absolute atomic E-state index is 0.0201. The fourth-order valence-corrected chi connectivity index (χ4v) is 2.59. The summed E-state index contributed by atoms with van der Waals surface area (Å²) < 4.78 is 10.3. The van der Waals surface area contributed by atoms with Crippen molar-refractivity contribution in [3.05, 3.63) is 51.9 Å². The van der Waals surface area contributed by atoms with Crippen molar-refractivity contribution >= 4 is 17.7 Å². The Kier molecular flexibility index (Phi) is 6.22. The number of benzene rings is 1. The van der Waals surface area contributed by atoms with Gasteiger partial charge in [0, 0.05) is 11.8 Å². The highest BCUT2D eigenvalue weighted by Crippen LogP contribution is 2.17. The summed E-state index contributed by atoms with van der Waals surface area (Å²) in [6, 6.07) is 9.07. The number of aromatic amines is 1. The summed E-state index contributed by atoms with van der Waals surface area (Å²) in [5, 5.41) is 0.463. The van der Waals surface area contributed by atoms with E-state index >= 15 is 0 Å². The first kappa shape index (κ1) is 17.1. The topological polar surface area (TPSA) is 81.3 Å². The average molecular weight is 334 g/mol. The highest BCUT2D eigenvalue weighted by molar-refractivity contribution is 7.99. The Balaban J connectivity index is 1.89. The lowest BCUT2D eigenvalue weighted by Crippen LogP contribution is -2.14. The van der Waals surface area contributed by atoms with Gasteiger partial charge in [0.05, 0.1) is 25.8 Å². The Labute approximate surface area is 138 Å². The number of thioether (sulfide) groups is 1. The van der Waals surface area contributed by atoms with Crippen LogP contribution in [0.5, 0.6) is 5.75 Å². The van der Waals surface area contributed by atoms with Gasteiger partial charge in [-0.15, -0.1) is 0 Å². The third kappa shape index (κ3) is 5.45. The van der Waals surface area contributed by atoms with Gasteiger partial charge < -0.3 is 14.5 Å². The summed E-state index contributed by atoms with van der Waals surface area (Å²) in [5.41, 5.74) is 1.17. The molecule has 0 saturated heterocycles. The highest BCUT2D eigenvalue weighted by atomic mass is 32.2. The van der Waals surface area contributed by atoms with E-state index in [1.54, 1.807) is 0 Å². The smallest absolute Gasteiger partial charge is 0.311 e. The molecule has 0 spiro atoms. The number of ether oxygens (including phenoxy) is 2. The molecule has 2 aromatic rings. The van der Waals surface area contributed by atoms with E-state index in [0.29, 0.717) is 23.2 Å². The summed E-state index contributed by atoms with van der Waals surface area (Å²) in [6.07, 6.45) is -0.0201. The fraction of sp³-hybridized carbons (Fsp3) is 0.312. The molecule has 0 unspecified atom stereocenters. The third-order valence-electron chi connectivity index (χ3n) is 3.00. The first-order valence-electron chi connectivity index (χ1n) is 7.07. The molecule has 0 radical (unpaired) electrons. The van der Waals surface area contributed by atoms with Gasteiger partial charge in [0.1, 0.15) is 5.75 Å². The predicted molar refractivity (Wildman–Crippen MR) is 88.0 cm³/mol. The summed E-state index contributed by atoms with van der Waals surface area (Å²) >= 11 is 1.36. The van der Waals surface area contributed by atoms with E-state index in [1.165, 1.54) is 24.9 Å². The van der Waals surface area contributed by atoms with Crippen LogP contribution in [-0.2, 0) is 16.0 Å². The molecule has 0 aliphatic carbocycles. The number of para-hydroxylation sites is 1. The van der Waals surface area contributed by atoms with E-state index in [0.717, 1.165) is 11.3 Å². The Morgan fingerprint density at radius 1 is 1.35 bits per heavy atom. The van der Waals surface area contributed by atoms with Gasteiger partial charge in [0.2, 0.25) is 0 Å². The van der Waals surface area contributed by atoms with Gasteiger partial charge >= 0.3 is 5.97 Å². The van der Waals surface area contributed by atoms with Crippen LogP contribution in [0.15, 0.2) is 40.3 Å². The predicted octanol–water partition coefficient (Wildman–Crippen LogP) is 1.96. The molecular weight excluding hydrogens is 316 g/mol. The zero-order valence-corrected chi connectivity index (χ0v) is 13.8. The molecule has 0 fully saturated rings. The lowest BCUT2D eigenvalue weighted by atomic mass is 10.2. The number of carbonyl (C=O) groups excluding carboxylic acids is 1. The number of nitrogens with one attached hydrogen (secondary N) is 1. The van der Waals surface area contributed by atoms with E-state index in [2.05, 4.69) is 14.7 Å². The summed E-state index contributed by atoms with van der Waals surface area (Å²) in [5.74, 6) is 1.04. The van der Waals surface area contributed by atoms with Crippen LogP contribution in [0.25, 0.3) is 0 Å². The molecule has 1 heterocycles. The van der Waals surface area contributed by atoms with E-state index in [4.69, 9.17) is 4.74 Å². The highest BCUT2D eigenvalue weighted by Gasteiger charge is 2.08. The molecule has 122 valence electrons. The second-order valence-electron chi connectivity index (χ2n) is 4.76. The SMILES string of the molecule is COC(=O)Cc1cc(=O)[nH]c(SCCOc2ccccc2C)n1. The van der Waals surface area contributed by atoms with Crippen molar-refractivity contribution in [3.8, 4) is 5.75 Å². The van der Waals surface area contributed by atoms with Crippen molar-refractivity contribution < 1.29 is 14.3 Å². The van der Waals surface area contributed by atoms with Crippen LogP contribution in [-0.4, -0.2) is 35.4 Å². The molecule has 6 nitrogen and oxygen atoms in total. The van der Waals surface area contributed by atoms with Gasteiger partial charge in [-0.2, -0.15) is 0 Å². The molecule has 0 saturated carbocycles. The maximum Gasteiger partial charge on any atom is 0.311 e. The number of hydrogen-bond acceptors (Lipinski definition) is 6. The number of methoxy groups -OCH3 is 1. The van der Waals surface area contributed by atoms with E-state index in [1.807, 2.05) is 31.2 Å². The Morgan fingerprint density at radius 2 is 2.13 bits per heavy atom. The van der Waals surface area contributed by atoms with E-state index < -0.39 is 5.97 Å². The van der Waals surface area contributed by atoms with Crippen molar-refractivity contribution in [3.63, 3.8) is 0 Å². The Morgan fingerprint density at radius 3 is 2.87 bits per heavy atom. The number of carbonyl (C=O) groups is 1. The maximum absolute atomic E-state index is 11.6. The molecule has 1 aromatic carbocycles. The first-order valence-corrected chi connectivity index (χ1v) is 8.05. The van der Waals surface area contributed by atoms with E-state index in [-0.39, 0.29) is 12.0 Å². The third-order valence-corrected chi connectivity index (χ3v) is 3.84. The van der Waals surface area contributed by atoms with Crippen LogP contribution in [0.3, 0.4) is 0 Å². The van der Waals surface area contributed by atoms with Crippen LogP contribution in [0.4, 0.5) is 0 Å². The normalized spacial score (nSPS) is 10.3. The van der Waals surface area contributed by atoms with Crippen LogP contribution in [0.1, 0.15) is 11.3 Å². The average Bonchev–Trinajstić information content (AvgIpc) is 2.52. The van der Waals surface area contributed by atoms with Gasteiger partial charge in [-0.05, 0) is 18.6 Å². The Bertz CT molecular complexity index is 730. The summed E-state index contributed by atoms with van der Waals surface area (Å²) in [4.78, 5) is 29.7. The lowest BCUT2D eigenvalue weighted by molar-refractivity contribution is -0.139. The van der Waals surface area contributed by atoms with Crippen LogP contribution in [0.2, 0.25) is 0 Å². The number of nitrogens with zero attached hydrogens (tertiary/aromatic N) is 1. The number of aromatic nitrogens is 2. The van der Waals surface area contributed by atoms with Crippen molar-refractivity contribution in [1.29, 1.82) is 0 Å². The molecule has 2 rings (SSSR count). The van der Waals surface area contributed by atoms with Crippen LogP contribution >= 0.6 is 11.8 Å². The van der Waals surface area contributed by atoms with Crippen molar-refractivity contribution in [2.24, 2.45) is 0 Å². The molecule has 23 heavy (non-hydrogen) atoms. The molecule has 0 atom stereocenters. The van der Waals surface area contributed by atoms with Gasteiger partial charge in [0.25, 0.3) is 5.56 Å². The zero-order chi connectivity index (χ0) is 16.7. The molecule has 7 heteroatoms. The maximum atomic E-state index is 11.6. The minimum Gasteiger partial charge on any atom is -0.492 e. The molecule has 1 N–H and O–H groups in total. The van der Waals surface area contributed by atoms with Gasteiger partial charge in [-0.25, -0.2) is 4.98 Å². The Hall–Kier alpha value is -2.28. The van der Waals surface area contributed by atoms with Gasteiger partial charge in [-0.1, -0.05) is 30.0 Å². The van der Waals surface area contributed by atoms with Crippen molar-refractivity contribution in [2.45, 2.75) is 18.5 Å². The van der Waals surface area contributed by atoms with Crippen molar-refractivity contribution in [2.75, 3.05) is 19.5 Å². The van der Waals surface area contributed by atoms with Crippen LogP contribution < -0.4 is 10.3 Å². The molecule has 0 bridgehead atoms. The molecule has 0 aliphatic heterocycles. The summed E-state index contributed by atoms with van der Waals surface area (Å²) in [7, 11) is 1.30. The lowest BCUT2D eigenvalue weighted by Gasteiger charge is -2.08. The standard InChI is InChI=1S/C16H18N2O4S/c1-11-5-3-4-6-13(11)22-7-8-23-16-17-12(9-14(19)18-16)10-15(20)21-2/h3-6,9H,7-8,10H2,1-2H3,(H,17,18,19). The number of esters is 1. The number of hydrogen-bond donors (Lipinski definition) is 1. The molecule has 1 aromatic heterocycles. The molecule has 0 aliphatic rings. The van der Waals surface area contributed by atoms with E-state index in [9.17, 15) is 9.59 Å². The minimum atomic E-state index is -0.429. The second-order valence-corrected chi connectivity index (χ2v) is 5.84. The fourth-order valence-electron chi connectivity index (χ4n) is 1.87. The van der Waals surface area contributed by atoms with Crippen LogP contribution in [0, 0.1) is 6.92 Å². The zero-order valence-electron chi connectivity index (χ0n) is 13.0. The number of aryl methyl sites for hydroxylation is 1. The number of rotatable bonds is 7. The largest absolute Gasteiger partial charge is 0.492 e. The van der Waals surface area contributed by atoms with Gasteiger partial charge in [-0.3, -0.25) is 9.59 Å². The van der Waals surface area contributed by atoms with Crippen molar-refractivity contribution in [1.82, 2.24) is 9.97 Å². The number of H-pyrrole nitrogens is 1. The van der Waals surface area contributed by atoms with Gasteiger partial charge in [0.15, 0.2) is 5.16 Å². The molecular formula is C16H18N2O4S. The molecule has 0 amide bonds. The quantitative estimate of drug-likeness (QED) is 0.361. The first-order chi connectivity index (χ1) is 11.1.